The van der Waals surface area contributed by atoms with Gasteiger partial charge in [0.15, 0.2) is 5.16 Å². The normalized spacial score (nSPS) is 12.2. The molecule has 1 aromatic carbocycles. The number of nitrogens with zero attached hydrogens (tertiary/aromatic N) is 3. The van der Waals surface area contributed by atoms with Gasteiger partial charge in [-0.05, 0) is 49.6 Å². The van der Waals surface area contributed by atoms with Gasteiger partial charge in [0, 0.05) is 17.6 Å². The number of hydrogen-bond acceptors (Lipinski definition) is 7. The maximum atomic E-state index is 13.6. The molecule has 1 N–H and O–H groups in total. The average Bonchev–Trinajstić information content (AvgIpc) is 3.23. The van der Waals surface area contributed by atoms with Crippen molar-refractivity contribution >= 4 is 49.4 Å². The summed E-state index contributed by atoms with van der Waals surface area (Å²) in [6.07, 6.45) is 3.52. The highest BCUT2D eigenvalue weighted by Gasteiger charge is 2.18. The molecule has 1 amide bonds. The molecule has 0 saturated heterocycles. The number of pyridine rings is 1. The summed E-state index contributed by atoms with van der Waals surface area (Å²) in [6, 6.07) is 11.6. The fraction of sp³-hybridized carbons (Fsp3) is 0.360. The van der Waals surface area contributed by atoms with Crippen molar-refractivity contribution < 1.29 is 9.53 Å². The molecule has 3 aromatic heterocycles. The van der Waals surface area contributed by atoms with E-state index in [9.17, 15) is 9.59 Å². The van der Waals surface area contributed by atoms with Crippen molar-refractivity contribution in [2.24, 2.45) is 0 Å². The fourth-order valence-corrected chi connectivity index (χ4v) is 5.27. The highest BCUT2D eigenvalue weighted by Crippen LogP contribution is 2.30. The van der Waals surface area contributed by atoms with E-state index in [1.54, 1.807) is 10.8 Å². The minimum atomic E-state index is -0.121. The van der Waals surface area contributed by atoms with Gasteiger partial charge in [-0.25, -0.2) is 9.97 Å². The smallest absolute Gasteiger partial charge is 0.272 e. The van der Waals surface area contributed by atoms with Crippen LogP contribution in [0.2, 0.25) is 0 Å². The third-order valence-electron chi connectivity index (χ3n) is 5.41. The van der Waals surface area contributed by atoms with E-state index in [0.717, 1.165) is 34.4 Å². The Labute approximate surface area is 206 Å². The van der Waals surface area contributed by atoms with Crippen molar-refractivity contribution in [2.45, 2.75) is 51.4 Å². The zero-order valence-corrected chi connectivity index (χ0v) is 21.2. The van der Waals surface area contributed by atoms with Crippen LogP contribution in [0.5, 0.6) is 5.75 Å². The van der Waals surface area contributed by atoms with Gasteiger partial charge in [0.25, 0.3) is 5.56 Å². The molecule has 0 saturated carbocycles. The van der Waals surface area contributed by atoms with E-state index in [-0.39, 0.29) is 23.3 Å². The predicted octanol–water partition coefficient (Wildman–Crippen LogP) is 4.85. The Kier molecular flexibility index (Phi) is 7.84. The molecule has 0 spiro atoms. The van der Waals surface area contributed by atoms with E-state index in [4.69, 9.17) is 9.72 Å². The first-order valence-corrected chi connectivity index (χ1v) is 13.2. The van der Waals surface area contributed by atoms with Crippen LogP contribution in [0.3, 0.4) is 0 Å². The van der Waals surface area contributed by atoms with Gasteiger partial charge in [-0.15, -0.1) is 11.3 Å². The lowest BCUT2D eigenvalue weighted by molar-refractivity contribution is -0.119. The summed E-state index contributed by atoms with van der Waals surface area (Å²) in [4.78, 5) is 36.0. The number of thioether (sulfide) groups is 1. The number of hydrogen-bond donors (Lipinski definition) is 1. The number of ether oxygens (including phenoxy) is 1. The van der Waals surface area contributed by atoms with Crippen LogP contribution >= 0.6 is 23.1 Å². The lowest BCUT2D eigenvalue weighted by Crippen LogP contribution is -2.33. The van der Waals surface area contributed by atoms with E-state index in [0.29, 0.717) is 28.5 Å². The number of nitrogens with one attached hydrogen (secondary N) is 1. The molecule has 0 aliphatic rings. The van der Waals surface area contributed by atoms with Gasteiger partial charge in [0.1, 0.15) is 15.3 Å². The maximum Gasteiger partial charge on any atom is 0.272 e. The lowest BCUT2D eigenvalue weighted by atomic mass is 10.2. The van der Waals surface area contributed by atoms with Crippen molar-refractivity contribution in [3.63, 3.8) is 0 Å². The lowest BCUT2D eigenvalue weighted by Gasteiger charge is -2.14. The average molecular weight is 497 g/mol. The van der Waals surface area contributed by atoms with Gasteiger partial charge in [0.05, 0.1) is 24.4 Å². The molecule has 178 valence electrons. The third kappa shape index (κ3) is 5.42. The minimum absolute atomic E-state index is 0.0745. The van der Waals surface area contributed by atoms with Crippen molar-refractivity contribution in [3.05, 3.63) is 58.5 Å². The predicted molar refractivity (Wildman–Crippen MR) is 139 cm³/mol. The molecule has 0 aliphatic carbocycles. The number of benzene rings is 1. The summed E-state index contributed by atoms with van der Waals surface area (Å²) in [5.41, 5.74) is 1.48. The standard InChI is InChI=1S/C25H28N4O3S2/c1-4-13-32-18-10-8-17(9-11-18)14-29-24(31)22-21(19-7-6-12-26-23(19)34-22)28-25(29)33-15-20(30)27-16(3)5-2/h6-12,16H,4-5,13-15H2,1-3H3,(H,27,30)/t16-/m1/s1. The Balaban J connectivity index is 1.70. The van der Waals surface area contributed by atoms with Gasteiger partial charge in [0.2, 0.25) is 5.91 Å². The Bertz CT molecular complexity index is 1350. The molecule has 4 rings (SSSR count). The molecular formula is C25H28N4O3S2. The second-order valence-corrected chi connectivity index (χ2v) is 10.0. The van der Waals surface area contributed by atoms with Gasteiger partial charge in [-0.2, -0.15) is 0 Å². The molecule has 34 heavy (non-hydrogen) atoms. The molecule has 4 aromatic rings. The summed E-state index contributed by atoms with van der Waals surface area (Å²) >= 11 is 2.63. The molecule has 0 aliphatic heterocycles. The Morgan fingerprint density at radius 2 is 2.03 bits per heavy atom. The number of aromatic nitrogens is 3. The van der Waals surface area contributed by atoms with Crippen LogP contribution < -0.4 is 15.6 Å². The van der Waals surface area contributed by atoms with Gasteiger partial charge >= 0.3 is 0 Å². The monoisotopic (exact) mass is 496 g/mol. The molecule has 0 bridgehead atoms. The molecule has 7 nitrogen and oxygen atoms in total. The summed E-state index contributed by atoms with van der Waals surface area (Å²) in [5.74, 6) is 0.916. The van der Waals surface area contributed by atoms with Crippen LogP contribution in [-0.2, 0) is 11.3 Å². The first-order chi connectivity index (χ1) is 16.5. The van der Waals surface area contributed by atoms with Crippen molar-refractivity contribution in [2.75, 3.05) is 12.4 Å². The largest absolute Gasteiger partial charge is 0.494 e. The van der Waals surface area contributed by atoms with Gasteiger partial charge in [-0.1, -0.05) is 37.7 Å². The summed E-state index contributed by atoms with van der Waals surface area (Å²) in [7, 11) is 0. The fourth-order valence-electron chi connectivity index (χ4n) is 3.43. The molecule has 9 heteroatoms. The van der Waals surface area contributed by atoms with Gasteiger partial charge in [-0.3, -0.25) is 14.2 Å². The second kappa shape index (κ2) is 11.0. The molecule has 3 heterocycles. The quantitative estimate of drug-likeness (QED) is 0.250. The van der Waals surface area contributed by atoms with E-state index in [2.05, 4.69) is 17.2 Å². The highest BCUT2D eigenvalue weighted by molar-refractivity contribution is 7.99. The first-order valence-electron chi connectivity index (χ1n) is 11.4. The van der Waals surface area contributed by atoms with Crippen molar-refractivity contribution in [1.82, 2.24) is 19.9 Å². The minimum Gasteiger partial charge on any atom is -0.494 e. The second-order valence-electron chi connectivity index (χ2n) is 8.08. The first kappa shape index (κ1) is 24.2. The molecule has 1 atom stereocenters. The Morgan fingerprint density at radius 3 is 2.76 bits per heavy atom. The SMILES string of the molecule is CCCOc1ccc(Cn2c(SCC(=O)N[C@H](C)CC)nc3c(sc4ncccc43)c2=O)cc1. The van der Waals surface area contributed by atoms with E-state index in [1.165, 1.54) is 23.1 Å². The highest BCUT2D eigenvalue weighted by atomic mass is 32.2. The molecule has 0 radical (unpaired) electrons. The number of carbonyl (C=O) groups is 1. The van der Waals surface area contributed by atoms with Crippen LogP contribution in [0, 0.1) is 0 Å². The zero-order valence-electron chi connectivity index (χ0n) is 19.5. The number of thiophene rings is 1. The van der Waals surface area contributed by atoms with E-state index in [1.807, 2.05) is 50.2 Å². The van der Waals surface area contributed by atoms with Crippen LogP contribution in [0.4, 0.5) is 0 Å². The Hall–Kier alpha value is -2.91. The number of carbonyl (C=O) groups excluding carboxylic acids is 1. The van der Waals surface area contributed by atoms with Crippen LogP contribution in [0.1, 0.15) is 39.2 Å². The van der Waals surface area contributed by atoms with Crippen molar-refractivity contribution in [1.29, 1.82) is 0 Å². The maximum absolute atomic E-state index is 13.6. The topological polar surface area (TPSA) is 86.1 Å². The number of rotatable bonds is 10. The van der Waals surface area contributed by atoms with E-state index >= 15 is 0 Å². The summed E-state index contributed by atoms with van der Waals surface area (Å²) in [5, 5.41) is 4.35. The van der Waals surface area contributed by atoms with Crippen molar-refractivity contribution in [3.8, 4) is 5.75 Å². The molecule has 0 unspecified atom stereocenters. The van der Waals surface area contributed by atoms with Crippen LogP contribution in [0.15, 0.2) is 52.5 Å². The third-order valence-corrected chi connectivity index (χ3v) is 7.47. The number of fused-ring (bicyclic) bond motifs is 3. The van der Waals surface area contributed by atoms with Crippen LogP contribution in [-0.4, -0.2) is 38.8 Å². The van der Waals surface area contributed by atoms with Crippen LogP contribution in [0.25, 0.3) is 20.4 Å². The zero-order chi connectivity index (χ0) is 24.1. The van der Waals surface area contributed by atoms with Gasteiger partial charge < -0.3 is 10.1 Å². The summed E-state index contributed by atoms with van der Waals surface area (Å²) < 4.78 is 7.90. The molecular weight excluding hydrogens is 468 g/mol. The molecule has 0 fully saturated rings. The Morgan fingerprint density at radius 1 is 1.24 bits per heavy atom. The summed E-state index contributed by atoms with van der Waals surface area (Å²) in [6.45, 7) is 7.09. The number of amides is 1. The van der Waals surface area contributed by atoms with E-state index < -0.39 is 0 Å².